The largest absolute Gasteiger partial charge is 0.273 e. The van der Waals surface area contributed by atoms with Gasteiger partial charge < -0.3 is 0 Å². The number of hydrogen-bond acceptors (Lipinski definition) is 2. The first-order valence-corrected chi connectivity index (χ1v) is 7.88. The van der Waals surface area contributed by atoms with E-state index in [0.717, 1.165) is 9.87 Å². The van der Waals surface area contributed by atoms with Gasteiger partial charge in [0.1, 0.15) is 0 Å². The number of rotatable bonds is 2. The Balaban J connectivity index is 2.01. The molecule has 1 saturated carbocycles. The van der Waals surface area contributed by atoms with Crippen molar-refractivity contribution in [3.05, 3.63) is 42.1 Å². The second-order valence-electron chi connectivity index (χ2n) is 6.01. The van der Waals surface area contributed by atoms with E-state index in [1.54, 1.807) is 24.3 Å². The first kappa shape index (κ1) is 10.5. The van der Waals surface area contributed by atoms with Gasteiger partial charge in [-0.15, -0.1) is 0 Å². The predicted octanol–water partition coefficient (Wildman–Crippen LogP) is 2.79. The van der Waals surface area contributed by atoms with Crippen molar-refractivity contribution in [3.8, 4) is 0 Å². The molecule has 1 aliphatic heterocycles. The number of benzene rings is 1. The van der Waals surface area contributed by atoms with Gasteiger partial charge in [0.25, 0.3) is 10.0 Å². The molecular weight excluding hydrogens is 258 g/mol. The minimum atomic E-state index is -3.75. The molecule has 0 radical (unpaired) electrons. The molecule has 4 heteroatoms. The van der Waals surface area contributed by atoms with E-state index in [9.17, 15) is 8.42 Å². The molecule has 0 saturated heterocycles. The Morgan fingerprint density at radius 2 is 1.95 bits per heavy atom. The van der Waals surface area contributed by atoms with Crippen molar-refractivity contribution in [1.82, 2.24) is 4.31 Å². The van der Waals surface area contributed by atoms with Gasteiger partial charge in [-0.3, -0.25) is 4.31 Å². The first-order chi connectivity index (χ1) is 9.67. The van der Waals surface area contributed by atoms with Gasteiger partial charge in [0.2, 0.25) is 0 Å². The van der Waals surface area contributed by atoms with Crippen molar-refractivity contribution in [3.63, 3.8) is 0 Å². The highest BCUT2D eigenvalue weighted by molar-refractivity contribution is 7.89. The molecule has 0 N–H and O–H groups in total. The zero-order chi connectivity index (χ0) is 15.6. The van der Waals surface area contributed by atoms with Gasteiger partial charge in [-0.2, -0.15) is 0 Å². The van der Waals surface area contributed by atoms with Crippen LogP contribution in [0.5, 0.6) is 0 Å². The third-order valence-electron chi connectivity index (χ3n) is 4.37. The minimum absolute atomic E-state index is 0.0227. The van der Waals surface area contributed by atoms with Crippen LogP contribution in [0.3, 0.4) is 0 Å². The average Bonchev–Trinajstić information content (AvgIpc) is 2.96. The fourth-order valence-electron chi connectivity index (χ4n) is 2.73. The first-order valence-electron chi connectivity index (χ1n) is 7.44. The fourth-order valence-corrected chi connectivity index (χ4v) is 4.00. The van der Waals surface area contributed by atoms with Crippen LogP contribution in [0.15, 0.2) is 41.4 Å². The Labute approximate surface area is 117 Å². The van der Waals surface area contributed by atoms with Crippen LogP contribution in [0, 0.1) is 24.2 Å². The van der Waals surface area contributed by atoms with Crippen LogP contribution in [0.4, 0.5) is 0 Å². The van der Waals surface area contributed by atoms with E-state index in [2.05, 4.69) is 0 Å². The molecule has 3 nitrogen and oxygen atoms in total. The molecule has 0 aromatic heterocycles. The van der Waals surface area contributed by atoms with Crippen molar-refractivity contribution in [2.45, 2.75) is 25.7 Å². The summed E-state index contributed by atoms with van der Waals surface area (Å²) < 4.78 is 42.7. The SMILES string of the molecule is [2H]C1=C([2H])N(S(=O)(=O)c2ccc(C)cc2)C[C@H]2[C@@H]1C2(C)C. The molecule has 2 atom stereocenters. The van der Waals surface area contributed by atoms with E-state index in [-0.39, 0.29) is 34.4 Å². The van der Waals surface area contributed by atoms with Crippen molar-refractivity contribution < 1.29 is 11.2 Å². The summed E-state index contributed by atoms with van der Waals surface area (Å²) >= 11 is 0. The Kier molecular flexibility index (Phi) is 2.13. The molecular formula is C15H19NO2S. The smallest absolute Gasteiger partial charge is 0.263 e. The average molecular weight is 279 g/mol. The summed E-state index contributed by atoms with van der Waals surface area (Å²) in [5.41, 5.74) is 0.903. The monoisotopic (exact) mass is 279 g/mol. The molecule has 1 aromatic rings. The summed E-state index contributed by atoms with van der Waals surface area (Å²) in [5.74, 6) is 0.161. The standard InChI is InChI=1S/C15H19NO2S/c1-11-4-6-12(7-5-11)19(17,18)16-9-8-13-14(10-16)15(13,2)3/h4-9,13-14H,10H2,1-3H3/t13-,14+/m1/s1/i8D,9D. The summed E-state index contributed by atoms with van der Waals surface area (Å²) in [6, 6.07) is 6.76. The van der Waals surface area contributed by atoms with E-state index in [1.165, 1.54) is 0 Å². The second-order valence-corrected chi connectivity index (χ2v) is 7.87. The molecule has 19 heavy (non-hydrogen) atoms. The molecule has 0 unspecified atom stereocenters. The summed E-state index contributed by atoms with van der Waals surface area (Å²) in [7, 11) is -3.75. The zero-order valence-electron chi connectivity index (χ0n) is 13.3. The molecule has 2 aliphatic rings. The number of fused-ring (bicyclic) bond motifs is 1. The molecule has 102 valence electrons. The van der Waals surface area contributed by atoms with Crippen LogP contribution >= 0.6 is 0 Å². The lowest BCUT2D eigenvalue weighted by Crippen LogP contribution is -2.30. The van der Waals surface area contributed by atoms with Crippen LogP contribution in [0.25, 0.3) is 0 Å². The van der Waals surface area contributed by atoms with Gasteiger partial charge in [0, 0.05) is 12.7 Å². The Morgan fingerprint density at radius 3 is 2.58 bits per heavy atom. The van der Waals surface area contributed by atoms with Gasteiger partial charge in [0.15, 0.2) is 0 Å². The maximum atomic E-state index is 12.7. The van der Waals surface area contributed by atoms with Crippen LogP contribution in [0.2, 0.25) is 0 Å². The van der Waals surface area contributed by atoms with Gasteiger partial charge in [-0.1, -0.05) is 37.6 Å². The molecule has 1 heterocycles. The summed E-state index contributed by atoms with van der Waals surface area (Å²) in [6.45, 7) is 6.26. The van der Waals surface area contributed by atoms with Gasteiger partial charge in [-0.05, 0) is 36.3 Å². The maximum absolute atomic E-state index is 12.7. The number of hydrogen-bond donors (Lipinski definition) is 0. The van der Waals surface area contributed by atoms with Gasteiger partial charge in [-0.25, -0.2) is 8.42 Å². The number of nitrogens with zero attached hydrogens (tertiary/aromatic N) is 1. The Bertz CT molecular complexity index is 723. The quantitative estimate of drug-likeness (QED) is 0.835. The third-order valence-corrected chi connectivity index (χ3v) is 6.06. The number of allylic oxidation sites excluding steroid dienone is 1. The lowest BCUT2D eigenvalue weighted by atomic mass is 10.1. The van der Waals surface area contributed by atoms with E-state index in [4.69, 9.17) is 2.74 Å². The summed E-state index contributed by atoms with van der Waals surface area (Å²) in [4.78, 5) is 0.183. The molecule has 0 spiro atoms. The van der Waals surface area contributed by atoms with Crippen molar-refractivity contribution in [2.75, 3.05) is 6.54 Å². The number of sulfonamides is 1. The molecule has 3 rings (SSSR count). The van der Waals surface area contributed by atoms with Crippen molar-refractivity contribution >= 4 is 10.0 Å². The lowest BCUT2D eigenvalue weighted by Gasteiger charge is -2.23. The van der Waals surface area contributed by atoms with Crippen molar-refractivity contribution in [1.29, 1.82) is 0 Å². The van der Waals surface area contributed by atoms with Crippen LogP contribution in [0.1, 0.15) is 22.2 Å². The zero-order valence-corrected chi connectivity index (χ0v) is 12.2. The predicted molar refractivity (Wildman–Crippen MR) is 75.0 cm³/mol. The molecule has 0 bridgehead atoms. The van der Waals surface area contributed by atoms with Crippen LogP contribution < -0.4 is 0 Å². The normalized spacial score (nSPS) is 30.6. The minimum Gasteiger partial charge on any atom is -0.273 e. The van der Waals surface area contributed by atoms with Crippen molar-refractivity contribution in [2.24, 2.45) is 17.3 Å². The molecule has 0 amide bonds. The fraction of sp³-hybridized carbons (Fsp3) is 0.467. The summed E-state index contributed by atoms with van der Waals surface area (Å²) in [5, 5.41) is 0. The van der Waals surface area contributed by atoms with E-state index in [0.29, 0.717) is 6.54 Å². The number of aryl methyl sites for hydroxylation is 1. The molecule has 1 aromatic carbocycles. The van der Waals surface area contributed by atoms with Crippen LogP contribution in [-0.2, 0) is 10.0 Å². The van der Waals surface area contributed by atoms with Gasteiger partial charge in [0.05, 0.1) is 7.64 Å². The summed E-state index contributed by atoms with van der Waals surface area (Å²) in [6.07, 6.45) is -0.178. The molecule has 1 fully saturated rings. The van der Waals surface area contributed by atoms with E-state index in [1.807, 2.05) is 20.8 Å². The van der Waals surface area contributed by atoms with Crippen LogP contribution in [-0.4, -0.2) is 19.3 Å². The highest BCUT2D eigenvalue weighted by atomic mass is 32.2. The van der Waals surface area contributed by atoms with Gasteiger partial charge >= 0.3 is 0 Å². The Hall–Kier alpha value is -1.29. The highest BCUT2D eigenvalue weighted by Gasteiger charge is 2.58. The lowest BCUT2D eigenvalue weighted by molar-refractivity contribution is 0.440. The highest BCUT2D eigenvalue weighted by Crippen LogP contribution is 2.60. The third kappa shape index (κ3) is 1.89. The van der Waals surface area contributed by atoms with E-state index < -0.39 is 10.0 Å². The van der Waals surface area contributed by atoms with E-state index >= 15 is 0 Å². The second kappa shape index (κ2) is 3.85. The Morgan fingerprint density at radius 1 is 1.32 bits per heavy atom. The topological polar surface area (TPSA) is 37.4 Å². The molecule has 1 aliphatic carbocycles. The maximum Gasteiger partial charge on any atom is 0.263 e.